The van der Waals surface area contributed by atoms with E-state index in [0.717, 1.165) is 36.3 Å². The number of aliphatic carboxylic acids is 1. The summed E-state index contributed by atoms with van der Waals surface area (Å²) in [5.74, 6) is -0.268. The van der Waals surface area contributed by atoms with Crippen LogP contribution in [0.3, 0.4) is 0 Å². The largest absolute Gasteiger partial charge is 0.481 e. The van der Waals surface area contributed by atoms with Crippen molar-refractivity contribution in [3.63, 3.8) is 0 Å². The summed E-state index contributed by atoms with van der Waals surface area (Å²) in [7, 11) is 0. The molecular weight excluding hydrogens is 324 g/mol. The minimum Gasteiger partial charge on any atom is -0.481 e. The van der Waals surface area contributed by atoms with Crippen LogP contribution in [0.25, 0.3) is 0 Å². The minimum atomic E-state index is -0.830. The number of anilines is 1. The molecule has 0 aromatic heterocycles. The van der Waals surface area contributed by atoms with Gasteiger partial charge in [-0.2, -0.15) is 0 Å². The van der Waals surface area contributed by atoms with Gasteiger partial charge in [-0.1, -0.05) is 33.8 Å². The number of carboxylic acids is 1. The number of carbonyl (C=O) groups is 1. The zero-order chi connectivity index (χ0) is 18.8. The van der Waals surface area contributed by atoms with Crippen LogP contribution in [0.1, 0.15) is 51.7 Å². The highest BCUT2D eigenvalue weighted by molar-refractivity contribution is 6.18. The molecule has 3 N–H and O–H groups in total. The van der Waals surface area contributed by atoms with Crippen molar-refractivity contribution in [2.75, 3.05) is 30.4 Å². The van der Waals surface area contributed by atoms with Gasteiger partial charge in [0.1, 0.15) is 0 Å². The molecule has 0 radical (unpaired) electrons. The number of carboxylic acid groups (broad SMARTS) is 1. The molecule has 4 nitrogen and oxygen atoms in total. The Kier molecular flexibility index (Phi) is 10.7. The third kappa shape index (κ3) is 6.33. The number of nitrogens with two attached hydrogens (primary N) is 1. The van der Waals surface area contributed by atoms with Gasteiger partial charge in [-0.25, -0.2) is 0 Å². The predicted octanol–water partition coefficient (Wildman–Crippen LogP) is 4.17. The Morgan fingerprint density at radius 2 is 1.96 bits per heavy atom. The van der Waals surface area contributed by atoms with Gasteiger partial charge in [0.05, 0.1) is 6.42 Å². The first-order valence-corrected chi connectivity index (χ1v) is 9.25. The number of hydrogen-bond donors (Lipinski definition) is 2. The van der Waals surface area contributed by atoms with Gasteiger partial charge in [0, 0.05) is 36.6 Å². The first kappa shape index (κ1) is 22.7. The van der Waals surface area contributed by atoms with E-state index in [9.17, 15) is 9.90 Å². The van der Waals surface area contributed by atoms with Crippen LogP contribution < -0.4 is 10.6 Å². The summed E-state index contributed by atoms with van der Waals surface area (Å²) in [5, 5.41) is 9.20. The lowest BCUT2D eigenvalue weighted by Crippen LogP contribution is -2.35. The fourth-order valence-corrected chi connectivity index (χ4v) is 3.01. The Balaban J connectivity index is 0.00000254. The van der Waals surface area contributed by atoms with E-state index >= 15 is 0 Å². The van der Waals surface area contributed by atoms with Crippen LogP contribution in [0.15, 0.2) is 18.2 Å². The second-order valence-electron chi connectivity index (χ2n) is 6.01. The Hall–Kier alpha value is -1.26. The molecule has 0 saturated heterocycles. The molecule has 0 aliphatic heterocycles. The average molecular weight is 357 g/mol. The van der Waals surface area contributed by atoms with Crippen molar-refractivity contribution in [3.05, 3.63) is 29.3 Å². The Morgan fingerprint density at radius 1 is 1.33 bits per heavy atom. The number of rotatable bonds is 9. The van der Waals surface area contributed by atoms with E-state index in [4.69, 9.17) is 17.3 Å². The molecule has 1 rings (SSSR count). The van der Waals surface area contributed by atoms with Crippen molar-refractivity contribution in [1.29, 1.82) is 0 Å². The van der Waals surface area contributed by atoms with Gasteiger partial charge < -0.3 is 15.7 Å². The Bertz CT molecular complexity index is 502. The Morgan fingerprint density at radius 3 is 2.42 bits per heavy atom. The molecule has 0 fully saturated rings. The van der Waals surface area contributed by atoms with Gasteiger partial charge in [0.25, 0.3) is 0 Å². The van der Waals surface area contributed by atoms with Crippen LogP contribution in [-0.4, -0.2) is 36.6 Å². The molecule has 0 heterocycles. The van der Waals surface area contributed by atoms with Gasteiger partial charge in [-0.3, -0.25) is 4.79 Å². The maximum Gasteiger partial charge on any atom is 0.304 e. The molecule has 0 saturated carbocycles. The number of benzene rings is 1. The fourth-order valence-electron chi connectivity index (χ4n) is 2.81. The molecule has 0 aliphatic rings. The molecule has 138 valence electrons. The van der Waals surface area contributed by atoms with Crippen molar-refractivity contribution in [2.45, 2.75) is 52.9 Å². The van der Waals surface area contributed by atoms with Crippen LogP contribution in [0.5, 0.6) is 0 Å². The maximum absolute atomic E-state index is 11.2. The van der Waals surface area contributed by atoms with Crippen LogP contribution in [0, 0.1) is 6.92 Å². The number of alkyl halides is 1. The van der Waals surface area contributed by atoms with Crippen molar-refractivity contribution in [1.82, 2.24) is 0 Å². The van der Waals surface area contributed by atoms with Crippen molar-refractivity contribution in [2.24, 2.45) is 5.73 Å². The summed E-state index contributed by atoms with van der Waals surface area (Å²) >= 11 is 5.90. The van der Waals surface area contributed by atoms with Crippen LogP contribution >= 0.6 is 11.6 Å². The van der Waals surface area contributed by atoms with Crippen molar-refractivity contribution >= 4 is 23.3 Å². The highest BCUT2D eigenvalue weighted by Gasteiger charge is 2.30. The molecular formula is C19H33ClN2O2. The zero-order valence-corrected chi connectivity index (χ0v) is 16.5. The molecule has 1 aromatic carbocycles. The summed E-state index contributed by atoms with van der Waals surface area (Å²) in [6.07, 6.45) is 1.06. The average Bonchev–Trinajstić information content (AvgIpc) is 2.56. The van der Waals surface area contributed by atoms with Crippen LogP contribution in [-0.2, 0) is 10.2 Å². The topological polar surface area (TPSA) is 66.6 Å². The lowest BCUT2D eigenvalue weighted by Gasteiger charge is -2.31. The van der Waals surface area contributed by atoms with Gasteiger partial charge in [0.2, 0.25) is 0 Å². The molecule has 0 amide bonds. The van der Waals surface area contributed by atoms with Crippen LogP contribution in [0.2, 0.25) is 0 Å². The summed E-state index contributed by atoms with van der Waals surface area (Å²) < 4.78 is 0. The molecule has 5 heteroatoms. The van der Waals surface area contributed by atoms with E-state index in [-0.39, 0.29) is 6.42 Å². The third-order valence-corrected chi connectivity index (χ3v) is 4.25. The number of nitrogens with zero attached hydrogens (tertiary/aromatic N) is 1. The van der Waals surface area contributed by atoms with E-state index in [0.29, 0.717) is 12.4 Å². The number of hydrogen-bond acceptors (Lipinski definition) is 3. The summed E-state index contributed by atoms with van der Waals surface area (Å²) in [6.45, 7) is 12.0. The van der Waals surface area contributed by atoms with Crippen molar-refractivity contribution < 1.29 is 9.90 Å². The van der Waals surface area contributed by atoms with Crippen molar-refractivity contribution in [3.8, 4) is 0 Å². The SMILES string of the molecule is CC.CCCN(CCCl)c1ccc(C)c(C(C)(CN)CC(=O)O)c1. The molecule has 1 atom stereocenters. The molecule has 1 aromatic rings. The van der Waals surface area contributed by atoms with E-state index in [2.05, 4.69) is 24.0 Å². The lowest BCUT2D eigenvalue weighted by atomic mass is 9.77. The van der Waals surface area contributed by atoms with Gasteiger partial charge in [-0.05, 0) is 36.6 Å². The monoisotopic (exact) mass is 356 g/mol. The molecule has 0 bridgehead atoms. The lowest BCUT2D eigenvalue weighted by molar-refractivity contribution is -0.138. The quantitative estimate of drug-likeness (QED) is 0.652. The predicted molar refractivity (Wildman–Crippen MR) is 104 cm³/mol. The molecule has 0 spiro atoms. The van der Waals surface area contributed by atoms with E-state index in [1.807, 2.05) is 33.8 Å². The first-order chi connectivity index (χ1) is 11.4. The number of halogens is 1. The first-order valence-electron chi connectivity index (χ1n) is 8.72. The summed E-state index contributed by atoms with van der Waals surface area (Å²) in [4.78, 5) is 13.4. The van der Waals surface area contributed by atoms with E-state index in [1.54, 1.807) is 0 Å². The zero-order valence-electron chi connectivity index (χ0n) is 15.7. The van der Waals surface area contributed by atoms with Gasteiger partial charge in [-0.15, -0.1) is 11.6 Å². The molecule has 0 aliphatic carbocycles. The fraction of sp³-hybridized carbons (Fsp3) is 0.632. The smallest absolute Gasteiger partial charge is 0.304 e. The van der Waals surface area contributed by atoms with Gasteiger partial charge >= 0.3 is 5.97 Å². The van der Waals surface area contributed by atoms with E-state index < -0.39 is 11.4 Å². The normalized spacial score (nSPS) is 12.8. The highest BCUT2D eigenvalue weighted by atomic mass is 35.5. The highest BCUT2D eigenvalue weighted by Crippen LogP contribution is 2.32. The molecule has 1 unspecified atom stereocenters. The Labute approximate surface area is 152 Å². The van der Waals surface area contributed by atoms with Crippen LogP contribution in [0.4, 0.5) is 5.69 Å². The third-order valence-electron chi connectivity index (χ3n) is 4.08. The minimum absolute atomic E-state index is 0.0249. The second-order valence-corrected chi connectivity index (χ2v) is 6.39. The number of aryl methyl sites for hydroxylation is 1. The summed E-state index contributed by atoms with van der Waals surface area (Å²) in [6, 6.07) is 6.18. The molecule has 24 heavy (non-hydrogen) atoms. The van der Waals surface area contributed by atoms with E-state index in [1.165, 1.54) is 0 Å². The standard InChI is InChI=1S/C17H27ClN2O2.C2H6/c1-4-8-20(9-7-18)14-6-5-13(2)15(10-14)17(3,12-19)11-16(21)22;1-2/h5-6,10H,4,7-9,11-12,19H2,1-3H3,(H,21,22);1-2H3. The summed E-state index contributed by atoms with van der Waals surface area (Å²) in [5.41, 5.74) is 8.49. The second kappa shape index (κ2) is 11.3. The van der Waals surface area contributed by atoms with Gasteiger partial charge in [0.15, 0.2) is 0 Å². The maximum atomic E-state index is 11.2.